The summed E-state index contributed by atoms with van der Waals surface area (Å²) in [6.07, 6.45) is 1.68. The molecule has 1 atom stereocenters. The number of para-hydroxylation sites is 1. The Bertz CT molecular complexity index is 1150. The van der Waals surface area contributed by atoms with E-state index in [2.05, 4.69) is 39.8 Å². The van der Waals surface area contributed by atoms with Crippen molar-refractivity contribution in [2.24, 2.45) is 0 Å². The molecule has 0 radical (unpaired) electrons. The lowest BCUT2D eigenvalue weighted by molar-refractivity contribution is -0.119. The van der Waals surface area contributed by atoms with Crippen molar-refractivity contribution < 1.29 is 4.79 Å². The fourth-order valence-corrected chi connectivity index (χ4v) is 4.17. The van der Waals surface area contributed by atoms with Gasteiger partial charge < -0.3 is 5.32 Å². The third-order valence-corrected chi connectivity index (χ3v) is 5.83. The van der Waals surface area contributed by atoms with E-state index >= 15 is 0 Å². The predicted molar refractivity (Wildman–Crippen MR) is 117 cm³/mol. The molecule has 1 aromatic heterocycles. The first-order chi connectivity index (χ1) is 14.1. The second kappa shape index (κ2) is 8.49. The normalized spacial score (nSPS) is 12.1. The van der Waals surface area contributed by atoms with Crippen molar-refractivity contribution in [3.8, 4) is 5.69 Å². The van der Waals surface area contributed by atoms with Crippen molar-refractivity contribution in [2.45, 2.75) is 25.0 Å². The fourth-order valence-electron chi connectivity index (χ4n) is 3.44. The maximum absolute atomic E-state index is 12.6. The summed E-state index contributed by atoms with van der Waals surface area (Å²) in [5.41, 5.74) is 3.26. The zero-order valence-electron chi connectivity index (χ0n) is 16.4. The third-order valence-electron chi connectivity index (χ3n) is 4.89. The van der Waals surface area contributed by atoms with Gasteiger partial charge in [-0.3, -0.25) is 9.36 Å². The second-order valence-electron chi connectivity index (χ2n) is 6.92. The first-order valence-corrected chi connectivity index (χ1v) is 10.5. The third kappa shape index (κ3) is 4.17. The van der Waals surface area contributed by atoms with Crippen LogP contribution < -0.4 is 5.32 Å². The van der Waals surface area contributed by atoms with E-state index in [4.69, 9.17) is 0 Å². The molecule has 1 heterocycles. The quantitative estimate of drug-likeness (QED) is 0.475. The minimum absolute atomic E-state index is 0.0326. The van der Waals surface area contributed by atoms with Crippen LogP contribution in [0.3, 0.4) is 0 Å². The number of carbonyl (C=O) groups excluding carboxylic acids is 1. The van der Waals surface area contributed by atoms with Gasteiger partial charge in [0.25, 0.3) is 0 Å². The highest BCUT2D eigenvalue weighted by Crippen LogP contribution is 2.25. The van der Waals surface area contributed by atoms with E-state index < -0.39 is 0 Å². The van der Waals surface area contributed by atoms with Crippen LogP contribution in [0.25, 0.3) is 16.5 Å². The van der Waals surface area contributed by atoms with Crippen LogP contribution in [0.1, 0.15) is 24.1 Å². The van der Waals surface area contributed by atoms with Crippen molar-refractivity contribution in [3.63, 3.8) is 0 Å². The molecule has 29 heavy (non-hydrogen) atoms. The first kappa shape index (κ1) is 19.2. The average Bonchev–Trinajstić information content (AvgIpc) is 3.20. The van der Waals surface area contributed by atoms with Gasteiger partial charge in [0, 0.05) is 0 Å². The van der Waals surface area contributed by atoms with Crippen molar-refractivity contribution >= 4 is 28.4 Å². The maximum atomic E-state index is 12.6. The zero-order valence-corrected chi connectivity index (χ0v) is 17.2. The molecule has 0 unspecified atom stereocenters. The van der Waals surface area contributed by atoms with E-state index in [0.29, 0.717) is 5.16 Å². The van der Waals surface area contributed by atoms with Crippen molar-refractivity contribution in [3.05, 3.63) is 84.2 Å². The van der Waals surface area contributed by atoms with E-state index in [-0.39, 0.29) is 17.7 Å². The van der Waals surface area contributed by atoms with Crippen LogP contribution in [0.2, 0.25) is 0 Å². The summed E-state index contributed by atoms with van der Waals surface area (Å²) < 4.78 is 1.92. The van der Waals surface area contributed by atoms with Crippen LogP contribution >= 0.6 is 11.8 Å². The highest BCUT2D eigenvalue weighted by atomic mass is 32.2. The Morgan fingerprint density at radius 1 is 1.07 bits per heavy atom. The van der Waals surface area contributed by atoms with Gasteiger partial charge in [0.1, 0.15) is 6.33 Å². The Hall–Kier alpha value is -3.12. The molecule has 3 aromatic carbocycles. The van der Waals surface area contributed by atoms with Crippen LogP contribution in [-0.2, 0) is 4.79 Å². The van der Waals surface area contributed by atoms with Crippen molar-refractivity contribution in [2.75, 3.05) is 5.75 Å². The van der Waals surface area contributed by atoms with Crippen LogP contribution in [0, 0.1) is 6.92 Å². The molecule has 6 heteroatoms. The molecule has 0 spiro atoms. The van der Waals surface area contributed by atoms with Crippen LogP contribution in [0.4, 0.5) is 0 Å². The van der Waals surface area contributed by atoms with Gasteiger partial charge in [0.05, 0.1) is 17.5 Å². The Morgan fingerprint density at radius 2 is 1.83 bits per heavy atom. The summed E-state index contributed by atoms with van der Waals surface area (Å²) in [6, 6.07) is 22.4. The van der Waals surface area contributed by atoms with E-state index in [1.54, 1.807) is 6.33 Å². The Morgan fingerprint density at radius 3 is 2.69 bits per heavy atom. The highest BCUT2D eigenvalue weighted by Gasteiger charge is 2.15. The summed E-state index contributed by atoms with van der Waals surface area (Å²) in [7, 11) is 0. The SMILES string of the molecule is Cc1ccccc1-n1cnnc1SCC(=O)N[C@H](C)c1cccc2ccccc12. The maximum Gasteiger partial charge on any atom is 0.230 e. The van der Waals surface area contributed by atoms with Crippen molar-refractivity contribution in [1.29, 1.82) is 0 Å². The average molecular weight is 403 g/mol. The van der Waals surface area contributed by atoms with Gasteiger partial charge in [0.15, 0.2) is 5.16 Å². The largest absolute Gasteiger partial charge is 0.349 e. The molecule has 4 aromatic rings. The number of carbonyl (C=O) groups is 1. The molecule has 5 nitrogen and oxygen atoms in total. The van der Waals surface area contributed by atoms with E-state index in [1.165, 1.54) is 17.1 Å². The summed E-state index contributed by atoms with van der Waals surface area (Å²) in [4.78, 5) is 12.6. The van der Waals surface area contributed by atoms with E-state index in [0.717, 1.165) is 22.2 Å². The topological polar surface area (TPSA) is 59.8 Å². The van der Waals surface area contributed by atoms with E-state index in [9.17, 15) is 4.79 Å². The highest BCUT2D eigenvalue weighted by molar-refractivity contribution is 7.99. The standard InChI is InChI=1S/C23H22N4OS/c1-16-8-3-6-13-21(16)27-15-24-26-23(27)29-14-22(28)25-17(2)19-12-7-10-18-9-4-5-11-20(18)19/h3-13,15,17H,14H2,1-2H3,(H,25,28)/t17-/m1/s1. The van der Waals surface area contributed by atoms with Gasteiger partial charge in [-0.05, 0) is 41.8 Å². The van der Waals surface area contributed by atoms with Crippen LogP contribution in [0.5, 0.6) is 0 Å². The number of benzene rings is 3. The molecule has 1 N–H and O–H groups in total. The number of thioether (sulfide) groups is 1. The molecule has 4 rings (SSSR count). The number of nitrogens with zero attached hydrogens (tertiary/aromatic N) is 3. The molecule has 0 bridgehead atoms. The molecular weight excluding hydrogens is 380 g/mol. The lowest BCUT2D eigenvalue weighted by atomic mass is 10.00. The number of fused-ring (bicyclic) bond motifs is 1. The van der Waals surface area contributed by atoms with Gasteiger partial charge in [-0.2, -0.15) is 0 Å². The van der Waals surface area contributed by atoms with Gasteiger partial charge in [0.2, 0.25) is 5.91 Å². The molecule has 0 saturated heterocycles. The number of aryl methyl sites for hydroxylation is 1. The minimum Gasteiger partial charge on any atom is -0.349 e. The van der Waals surface area contributed by atoms with E-state index in [1.807, 2.05) is 60.9 Å². The molecular formula is C23H22N4OS. The Balaban J connectivity index is 1.44. The van der Waals surface area contributed by atoms with Gasteiger partial charge in [-0.1, -0.05) is 72.4 Å². The smallest absolute Gasteiger partial charge is 0.230 e. The van der Waals surface area contributed by atoms with Crippen LogP contribution in [-0.4, -0.2) is 26.4 Å². The summed E-state index contributed by atoms with van der Waals surface area (Å²) >= 11 is 1.38. The van der Waals surface area contributed by atoms with Crippen LogP contribution in [0.15, 0.2) is 78.2 Å². The molecule has 0 aliphatic heterocycles. The zero-order chi connectivity index (χ0) is 20.2. The lowest BCUT2D eigenvalue weighted by Crippen LogP contribution is -2.28. The number of hydrogen-bond acceptors (Lipinski definition) is 4. The first-order valence-electron chi connectivity index (χ1n) is 9.49. The van der Waals surface area contributed by atoms with Gasteiger partial charge in [-0.15, -0.1) is 10.2 Å². The molecule has 146 valence electrons. The summed E-state index contributed by atoms with van der Waals surface area (Å²) in [5, 5.41) is 14.3. The Labute approximate surface area is 174 Å². The fraction of sp³-hybridized carbons (Fsp3) is 0.174. The van der Waals surface area contributed by atoms with Crippen molar-refractivity contribution in [1.82, 2.24) is 20.1 Å². The predicted octanol–water partition coefficient (Wildman–Crippen LogP) is 4.70. The van der Waals surface area contributed by atoms with Gasteiger partial charge in [-0.25, -0.2) is 0 Å². The molecule has 1 amide bonds. The van der Waals surface area contributed by atoms with Gasteiger partial charge >= 0.3 is 0 Å². The monoisotopic (exact) mass is 402 g/mol. The summed E-state index contributed by atoms with van der Waals surface area (Å²) in [5.74, 6) is 0.245. The second-order valence-corrected chi connectivity index (χ2v) is 7.86. The number of rotatable bonds is 6. The summed E-state index contributed by atoms with van der Waals surface area (Å²) in [6.45, 7) is 4.06. The number of hydrogen-bond donors (Lipinski definition) is 1. The number of aromatic nitrogens is 3. The molecule has 0 aliphatic carbocycles. The lowest BCUT2D eigenvalue weighted by Gasteiger charge is -2.16. The molecule has 0 aliphatic rings. The number of amides is 1. The Kier molecular flexibility index (Phi) is 5.62. The number of nitrogens with one attached hydrogen (secondary N) is 1. The minimum atomic E-state index is -0.0802. The molecule has 0 saturated carbocycles. The molecule has 0 fully saturated rings.